The SMILES string of the molecule is CCNC1CCOCC1Sc1ccc(NC(C)=O)cc1. The molecule has 1 heterocycles. The Labute approximate surface area is 124 Å². The summed E-state index contributed by atoms with van der Waals surface area (Å²) < 4.78 is 5.59. The third kappa shape index (κ3) is 4.51. The fourth-order valence-corrected chi connectivity index (χ4v) is 3.52. The summed E-state index contributed by atoms with van der Waals surface area (Å²) >= 11 is 1.84. The molecule has 1 aliphatic rings. The van der Waals surface area contributed by atoms with Crippen molar-refractivity contribution in [3.05, 3.63) is 24.3 Å². The fourth-order valence-electron chi connectivity index (χ4n) is 2.32. The number of carbonyl (C=O) groups is 1. The van der Waals surface area contributed by atoms with Crippen LogP contribution in [0, 0.1) is 0 Å². The number of rotatable bonds is 5. The van der Waals surface area contributed by atoms with E-state index in [2.05, 4.69) is 17.6 Å². The number of hydrogen-bond acceptors (Lipinski definition) is 4. The van der Waals surface area contributed by atoms with Crippen LogP contribution in [0.1, 0.15) is 20.3 Å². The minimum absolute atomic E-state index is 0.0432. The number of carbonyl (C=O) groups excluding carboxylic acids is 1. The summed E-state index contributed by atoms with van der Waals surface area (Å²) in [4.78, 5) is 12.2. The second-order valence-corrected chi connectivity index (χ2v) is 6.20. The number of nitrogens with one attached hydrogen (secondary N) is 2. The van der Waals surface area contributed by atoms with Crippen LogP contribution in [0.5, 0.6) is 0 Å². The van der Waals surface area contributed by atoms with Crippen molar-refractivity contribution in [1.29, 1.82) is 0 Å². The van der Waals surface area contributed by atoms with Crippen molar-refractivity contribution < 1.29 is 9.53 Å². The summed E-state index contributed by atoms with van der Waals surface area (Å²) in [5.41, 5.74) is 0.838. The molecule has 0 aromatic heterocycles. The van der Waals surface area contributed by atoms with E-state index in [9.17, 15) is 4.79 Å². The van der Waals surface area contributed by atoms with Gasteiger partial charge in [0.15, 0.2) is 0 Å². The Balaban J connectivity index is 1.95. The zero-order chi connectivity index (χ0) is 14.4. The lowest BCUT2D eigenvalue weighted by Crippen LogP contribution is -2.44. The van der Waals surface area contributed by atoms with Gasteiger partial charge in [-0.3, -0.25) is 4.79 Å². The Morgan fingerprint density at radius 2 is 2.15 bits per heavy atom. The van der Waals surface area contributed by atoms with Gasteiger partial charge in [-0.05, 0) is 37.2 Å². The standard InChI is InChI=1S/C15H22N2O2S/c1-3-16-14-8-9-19-10-15(14)20-13-6-4-12(5-7-13)17-11(2)18/h4-7,14-16H,3,8-10H2,1-2H3,(H,17,18). The molecule has 2 rings (SSSR count). The molecule has 0 spiro atoms. The highest BCUT2D eigenvalue weighted by molar-refractivity contribution is 8.00. The highest BCUT2D eigenvalue weighted by Crippen LogP contribution is 2.29. The molecule has 2 N–H and O–H groups in total. The van der Waals surface area contributed by atoms with Gasteiger partial charge in [-0.1, -0.05) is 6.92 Å². The summed E-state index contributed by atoms with van der Waals surface area (Å²) in [6.07, 6.45) is 1.06. The van der Waals surface area contributed by atoms with E-state index in [0.29, 0.717) is 11.3 Å². The van der Waals surface area contributed by atoms with E-state index >= 15 is 0 Å². The number of thioether (sulfide) groups is 1. The molecule has 0 bridgehead atoms. The van der Waals surface area contributed by atoms with Crippen molar-refractivity contribution in [3.8, 4) is 0 Å². The highest BCUT2D eigenvalue weighted by Gasteiger charge is 2.25. The van der Waals surface area contributed by atoms with Crippen LogP contribution in [-0.4, -0.2) is 37.0 Å². The molecule has 5 heteroatoms. The molecule has 2 unspecified atom stereocenters. The maximum Gasteiger partial charge on any atom is 0.221 e. The molecule has 1 aliphatic heterocycles. The van der Waals surface area contributed by atoms with Crippen LogP contribution in [0.4, 0.5) is 5.69 Å². The molecule has 2 atom stereocenters. The van der Waals surface area contributed by atoms with E-state index < -0.39 is 0 Å². The molecule has 1 aromatic carbocycles. The van der Waals surface area contributed by atoms with Crippen molar-refractivity contribution in [2.24, 2.45) is 0 Å². The lowest BCUT2D eigenvalue weighted by Gasteiger charge is -2.31. The number of amides is 1. The van der Waals surface area contributed by atoms with Gasteiger partial charge in [0.25, 0.3) is 0 Å². The quantitative estimate of drug-likeness (QED) is 0.876. The average Bonchev–Trinajstić information content (AvgIpc) is 2.43. The van der Waals surface area contributed by atoms with Crippen LogP contribution in [0.25, 0.3) is 0 Å². The van der Waals surface area contributed by atoms with Crippen LogP contribution in [0.15, 0.2) is 29.2 Å². The van der Waals surface area contributed by atoms with Gasteiger partial charge in [0.1, 0.15) is 0 Å². The number of anilines is 1. The van der Waals surface area contributed by atoms with E-state index in [1.165, 1.54) is 11.8 Å². The van der Waals surface area contributed by atoms with Crippen molar-refractivity contribution in [2.45, 2.75) is 36.5 Å². The Morgan fingerprint density at radius 1 is 1.40 bits per heavy atom. The second-order valence-electron chi connectivity index (χ2n) is 4.89. The van der Waals surface area contributed by atoms with Gasteiger partial charge in [0.05, 0.1) is 6.61 Å². The first-order chi connectivity index (χ1) is 9.69. The average molecular weight is 294 g/mol. The van der Waals surface area contributed by atoms with Gasteiger partial charge in [0.2, 0.25) is 5.91 Å². The Kier molecular flexibility index (Phi) is 5.88. The van der Waals surface area contributed by atoms with Crippen molar-refractivity contribution in [1.82, 2.24) is 5.32 Å². The van der Waals surface area contributed by atoms with Gasteiger partial charge in [-0.2, -0.15) is 0 Å². The van der Waals surface area contributed by atoms with Crippen LogP contribution in [0.3, 0.4) is 0 Å². The zero-order valence-electron chi connectivity index (χ0n) is 12.0. The predicted molar refractivity (Wildman–Crippen MR) is 83.3 cm³/mol. The third-order valence-electron chi connectivity index (χ3n) is 3.23. The Morgan fingerprint density at radius 3 is 2.80 bits per heavy atom. The predicted octanol–water partition coefficient (Wildman–Crippen LogP) is 2.50. The van der Waals surface area contributed by atoms with E-state index in [4.69, 9.17) is 4.74 Å². The Hall–Kier alpha value is -1.04. The number of benzene rings is 1. The van der Waals surface area contributed by atoms with Crippen LogP contribution >= 0.6 is 11.8 Å². The minimum atomic E-state index is -0.0432. The molecule has 1 aromatic rings. The summed E-state index contributed by atoms with van der Waals surface area (Å²) in [6, 6.07) is 8.49. The third-order valence-corrected chi connectivity index (χ3v) is 4.54. The van der Waals surface area contributed by atoms with Gasteiger partial charge >= 0.3 is 0 Å². The summed E-state index contributed by atoms with van der Waals surface area (Å²) in [5.74, 6) is -0.0432. The molecule has 1 amide bonds. The van der Waals surface area contributed by atoms with Crippen molar-refractivity contribution >= 4 is 23.4 Å². The van der Waals surface area contributed by atoms with E-state index in [1.54, 1.807) is 0 Å². The van der Waals surface area contributed by atoms with Crippen molar-refractivity contribution in [3.63, 3.8) is 0 Å². The monoisotopic (exact) mass is 294 g/mol. The smallest absolute Gasteiger partial charge is 0.221 e. The first-order valence-electron chi connectivity index (χ1n) is 7.04. The molecule has 110 valence electrons. The molecule has 1 fully saturated rings. The molecular formula is C15H22N2O2S. The van der Waals surface area contributed by atoms with Crippen LogP contribution in [0.2, 0.25) is 0 Å². The maximum atomic E-state index is 11.0. The van der Waals surface area contributed by atoms with E-state index in [-0.39, 0.29) is 5.91 Å². The summed E-state index contributed by atoms with van der Waals surface area (Å²) in [5, 5.41) is 6.75. The number of hydrogen-bond donors (Lipinski definition) is 2. The second kappa shape index (κ2) is 7.67. The molecule has 0 radical (unpaired) electrons. The van der Waals surface area contributed by atoms with Gasteiger partial charge in [0, 0.05) is 35.4 Å². The first kappa shape index (κ1) is 15.4. The lowest BCUT2D eigenvalue weighted by molar-refractivity contribution is -0.114. The normalized spacial score (nSPS) is 22.5. The minimum Gasteiger partial charge on any atom is -0.380 e. The largest absolute Gasteiger partial charge is 0.380 e. The first-order valence-corrected chi connectivity index (χ1v) is 7.92. The number of ether oxygens (including phenoxy) is 1. The van der Waals surface area contributed by atoms with Gasteiger partial charge in [-0.25, -0.2) is 0 Å². The lowest BCUT2D eigenvalue weighted by atomic mass is 10.1. The van der Waals surface area contributed by atoms with E-state index in [0.717, 1.165) is 31.9 Å². The molecule has 0 saturated carbocycles. The van der Waals surface area contributed by atoms with Gasteiger partial charge < -0.3 is 15.4 Å². The van der Waals surface area contributed by atoms with Crippen LogP contribution < -0.4 is 10.6 Å². The molecule has 0 aliphatic carbocycles. The van der Waals surface area contributed by atoms with Gasteiger partial charge in [-0.15, -0.1) is 11.8 Å². The zero-order valence-corrected chi connectivity index (χ0v) is 12.8. The molecule has 4 nitrogen and oxygen atoms in total. The highest BCUT2D eigenvalue weighted by atomic mass is 32.2. The van der Waals surface area contributed by atoms with E-state index in [1.807, 2.05) is 36.0 Å². The molecular weight excluding hydrogens is 272 g/mol. The fraction of sp³-hybridized carbons (Fsp3) is 0.533. The topological polar surface area (TPSA) is 50.4 Å². The summed E-state index contributed by atoms with van der Waals surface area (Å²) in [7, 11) is 0. The van der Waals surface area contributed by atoms with Crippen molar-refractivity contribution in [2.75, 3.05) is 25.1 Å². The van der Waals surface area contributed by atoms with Crippen LogP contribution in [-0.2, 0) is 9.53 Å². The molecule has 20 heavy (non-hydrogen) atoms. The summed E-state index contributed by atoms with van der Waals surface area (Å²) in [6.45, 7) is 6.28. The Bertz CT molecular complexity index is 434. The maximum absolute atomic E-state index is 11.0. The molecule has 1 saturated heterocycles.